The number of para-hydroxylation sites is 1. The summed E-state index contributed by atoms with van der Waals surface area (Å²) in [6, 6.07) is 8.48. The number of benzene rings is 1. The van der Waals surface area contributed by atoms with Crippen molar-refractivity contribution in [3.8, 4) is 0 Å². The summed E-state index contributed by atoms with van der Waals surface area (Å²) in [5.74, 6) is -0.506. The van der Waals surface area contributed by atoms with Gasteiger partial charge >= 0.3 is 39.8 Å². The Morgan fingerprint density at radius 2 is 1.87 bits per heavy atom. The molecular formula is C8H9N2NaO3S. The van der Waals surface area contributed by atoms with Crippen LogP contribution in [-0.2, 0) is 15.0 Å². The zero-order valence-corrected chi connectivity index (χ0v) is 11.0. The van der Waals surface area contributed by atoms with Crippen molar-refractivity contribution >= 4 is 21.8 Å². The van der Waals surface area contributed by atoms with Crippen LogP contribution in [0.25, 0.3) is 0 Å². The maximum Gasteiger partial charge on any atom is 1.00 e. The number of hydrogen-bond acceptors (Lipinski definition) is 3. The van der Waals surface area contributed by atoms with Crippen molar-refractivity contribution in [1.29, 1.82) is 0 Å². The molecule has 0 aromatic heterocycles. The monoisotopic (exact) mass is 236 g/mol. The number of rotatable bonds is 1. The summed E-state index contributed by atoms with van der Waals surface area (Å²) in [7, 11) is -3.66. The van der Waals surface area contributed by atoms with Crippen LogP contribution in [0.15, 0.2) is 30.3 Å². The van der Waals surface area contributed by atoms with Gasteiger partial charge in [0, 0.05) is 0 Å². The molecule has 1 aliphatic heterocycles. The average Bonchev–Trinajstić information content (AvgIpc) is 2.41. The maximum absolute atomic E-state index is 11.4. The van der Waals surface area contributed by atoms with E-state index >= 15 is 0 Å². The molecule has 0 radical (unpaired) electrons. The second-order valence-corrected chi connectivity index (χ2v) is 4.47. The van der Waals surface area contributed by atoms with E-state index in [0.29, 0.717) is 5.69 Å². The first-order valence-corrected chi connectivity index (χ1v) is 5.42. The van der Waals surface area contributed by atoms with Gasteiger partial charge in [0.05, 0.1) is 5.69 Å². The molecule has 0 unspecified atom stereocenters. The molecule has 0 spiro atoms. The average molecular weight is 236 g/mol. The standard InChI is InChI=1S/C8H8N2O3S.Na.H/c11-8-6-10(14(12,13)9-8)7-4-2-1-3-5-7;;/h1-5H,6H2,(H,9,11);;/q;+1;-1. The van der Waals surface area contributed by atoms with Gasteiger partial charge in [-0.15, -0.1) is 0 Å². The summed E-state index contributed by atoms with van der Waals surface area (Å²) in [5.41, 5.74) is 0.492. The molecule has 1 N–H and O–H groups in total. The van der Waals surface area contributed by atoms with Crippen molar-refractivity contribution in [3.05, 3.63) is 30.3 Å². The molecule has 1 fully saturated rings. The molecule has 1 amide bonds. The van der Waals surface area contributed by atoms with Crippen LogP contribution in [-0.4, -0.2) is 20.9 Å². The summed E-state index contributed by atoms with van der Waals surface area (Å²) < 4.78 is 25.7. The molecule has 5 nitrogen and oxygen atoms in total. The molecule has 0 bridgehead atoms. The Kier molecular flexibility index (Phi) is 3.77. The van der Waals surface area contributed by atoms with Gasteiger partial charge in [-0.25, -0.2) is 9.03 Å². The van der Waals surface area contributed by atoms with E-state index in [9.17, 15) is 13.2 Å². The third-order valence-corrected chi connectivity index (χ3v) is 3.27. The fourth-order valence-corrected chi connectivity index (χ4v) is 2.42. The Morgan fingerprint density at radius 3 is 2.33 bits per heavy atom. The normalized spacial score (nSPS) is 18.1. The summed E-state index contributed by atoms with van der Waals surface area (Å²) in [5, 5.41) is 0. The first-order valence-electron chi connectivity index (χ1n) is 3.98. The smallest absolute Gasteiger partial charge is 1.00 e. The Labute approximate surface area is 111 Å². The number of nitrogens with zero attached hydrogens (tertiary/aromatic N) is 1. The number of carbonyl (C=O) groups is 1. The Morgan fingerprint density at radius 1 is 1.27 bits per heavy atom. The van der Waals surface area contributed by atoms with E-state index in [0.717, 1.165) is 4.31 Å². The molecule has 0 atom stereocenters. The molecule has 1 aromatic carbocycles. The number of nitrogens with one attached hydrogen (secondary N) is 1. The van der Waals surface area contributed by atoms with E-state index in [4.69, 9.17) is 0 Å². The molecule has 2 rings (SSSR count). The van der Waals surface area contributed by atoms with E-state index in [2.05, 4.69) is 0 Å². The summed E-state index contributed by atoms with van der Waals surface area (Å²) >= 11 is 0. The molecule has 15 heavy (non-hydrogen) atoms. The minimum Gasteiger partial charge on any atom is -1.00 e. The van der Waals surface area contributed by atoms with Gasteiger partial charge in [0.25, 0.3) is 5.91 Å². The predicted molar refractivity (Wildman–Crippen MR) is 52.0 cm³/mol. The third-order valence-electron chi connectivity index (χ3n) is 1.86. The van der Waals surface area contributed by atoms with Crippen LogP contribution in [0.3, 0.4) is 0 Å². The second-order valence-electron chi connectivity index (χ2n) is 2.87. The van der Waals surface area contributed by atoms with E-state index in [1.54, 1.807) is 30.3 Å². The topological polar surface area (TPSA) is 66.5 Å². The molecule has 1 heterocycles. The second kappa shape index (κ2) is 4.52. The molecule has 1 saturated heterocycles. The third kappa shape index (κ3) is 2.52. The number of amides is 1. The van der Waals surface area contributed by atoms with Gasteiger partial charge < -0.3 is 1.43 Å². The Hall–Kier alpha value is -0.560. The number of anilines is 1. The minimum atomic E-state index is -3.66. The van der Waals surface area contributed by atoms with Gasteiger partial charge in [-0.1, -0.05) is 18.2 Å². The Balaban J connectivity index is 0.00000112. The summed E-state index contributed by atoms with van der Waals surface area (Å²) in [6.45, 7) is -0.146. The number of hydrogen-bond donors (Lipinski definition) is 1. The van der Waals surface area contributed by atoms with Gasteiger partial charge in [0.2, 0.25) is 0 Å². The van der Waals surface area contributed by atoms with Gasteiger partial charge in [-0.05, 0) is 12.1 Å². The van der Waals surface area contributed by atoms with Crippen LogP contribution in [0.1, 0.15) is 1.43 Å². The van der Waals surface area contributed by atoms with Crippen molar-refractivity contribution < 1.29 is 44.2 Å². The molecule has 0 aliphatic carbocycles. The largest absolute Gasteiger partial charge is 1.00 e. The van der Waals surface area contributed by atoms with Crippen LogP contribution < -0.4 is 38.6 Å². The SMILES string of the molecule is O=C1CN(c2ccccc2)S(=O)(=O)N1.[H-].[Na+]. The van der Waals surface area contributed by atoms with Crippen molar-refractivity contribution in [2.45, 2.75) is 0 Å². The fraction of sp³-hybridized carbons (Fsp3) is 0.125. The van der Waals surface area contributed by atoms with Gasteiger partial charge in [0.15, 0.2) is 0 Å². The zero-order chi connectivity index (χ0) is 10.2. The minimum absolute atomic E-state index is 0. The number of carbonyl (C=O) groups excluding carboxylic acids is 1. The van der Waals surface area contributed by atoms with Gasteiger partial charge in [0.1, 0.15) is 6.54 Å². The zero-order valence-electron chi connectivity index (χ0n) is 9.17. The van der Waals surface area contributed by atoms with Crippen LogP contribution in [0, 0.1) is 0 Å². The summed E-state index contributed by atoms with van der Waals surface area (Å²) in [4.78, 5) is 10.9. The molecule has 0 saturated carbocycles. The van der Waals surface area contributed by atoms with Crippen LogP contribution in [0.2, 0.25) is 0 Å². The first-order chi connectivity index (χ1) is 6.59. The predicted octanol–water partition coefficient (Wildman–Crippen LogP) is -3.02. The molecule has 76 valence electrons. The van der Waals surface area contributed by atoms with E-state index < -0.39 is 16.1 Å². The van der Waals surface area contributed by atoms with Crippen LogP contribution >= 0.6 is 0 Å². The fourth-order valence-electron chi connectivity index (χ4n) is 1.27. The van der Waals surface area contributed by atoms with Crippen molar-refractivity contribution in [3.63, 3.8) is 0 Å². The van der Waals surface area contributed by atoms with Gasteiger partial charge in [-0.3, -0.25) is 4.79 Å². The maximum atomic E-state index is 11.4. The molecule has 7 heteroatoms. The van der Waals surface area contributed by atoms with Crippen LogP contribution in [0.5, 0.6) is 0 Å². The quantitative estimate of drug-likeness (QED) is 0.528. The van der Waals surface area contributed by atoms with Crippen molar-refractivity contribution in [2.75, 3.05) is 10.8 Å². The van der Waals surface area contributed by atoms with Crippen LogP contribution in [0.4, 0.5) is 5.69 Å². The molecule has 1 aromatic rings. The first kappa shape index (κ1) is 12.5. The van der Waals surface area contributed by atoms with Crippen molar-refractivity contribution in [1.82, 2.24) is 4.72 Å². The molecule has 1 aliphatic rings. The van der Waals surface area contributed by atoms with E-state index in [1.165, 1.54) is 0 Å². The Bertz CT molecular complexity index is 465. The van der Waals surface area contributed by atoms with Crippen molar-refractivity contribution in [2.24, 2.45) is 0 Å². The van der Waals surface area contributed by atoms with E-state index in [1.807, 2.05) is 4.72 Å². The molecular weight excluding hydrogens is 227 g/mol. The van der Waals surface area contributed by atoms with E-state index in [-0.39, 0.29) is 37.5 Å². The summed E-state index contributed by atoms with van der Waals surface area (Å²) in [6.07, 6.45) is 0. The van der Waals surface area contributed by atoms with Gasteiger partial charge in [-0.2, -0.15) is 8.42 Å².